The second-order valence-electron chi connectivity index (χ2n) is 12.3. The van der Waals surface area contributed by atoms with Crippen LogP contribution in [0.3, 0.4) is 0 Å². The lowest BCUT2D eigenvalue weighted by molar-refractivity contribution is -0.141. The van der Waals surface area contributed by atoms with Gasteiger partial charge < -0.3 is 9.84 Å². The van der Waals surface area contributed by atoms with Crippen molar-refractivity contribution < 1.29 is 33.4 Å². The fourth-order valence-electron chi connectivity index (χ4n) is 8.32. The van der Waals surface area contributed by atoms with Gasteiger partial charge in [0, 0.05) is 17.5 Å². The lowest BCUT2D eigenvalue weighted by Crippen LogP contribution is -2.53. The number of amides is 4. The average molecular weight is 770 g/mol. The van der Waals surface area contributed by atoms with Crippen molar-refractivity contribution in [1.82, 2.24) is 9.91 Å². The van der Waals surface area contributed by atoms with Crippen molar-refractivity contribution in [2.24, 2.45) is 23.7 Å². The molecule has 3 aromatic rings. The van der Waals surface area contributed by atoms with E-state index in [9.17, 15) is 23.9 Å². The van der Waals surface area contributed by atoms with E-state index in [1.165, 1.54) is 36.3 Å². The number of rotatable bonds is 6. The minimum absolute atomic E-state index is 0.0671. The molecule has 0 spiro atoms. The SMILES string of the molecule is CCN1C(=O)[C@H]2[C@H](CC=C3[C@H]2C[C@H]2C(=O)N(Nc4ccc(F)cc4)C(=O)[C@@]2(c2ccc(Cl)cc2)[C@H]3c2cc(I)c(O)c(OC)c2)C1=O. The third-order valence-electron chi connectivity index (χ3n) is 10.3. The van der Waals surface area contributed by atoms with Gasteiger partial charge in [0.2, 0.25) is 11.8 Å². The number of allylic oxidation sites excluding steroid dienone is 2. The summed E-state index contributed by atoms with van der Waals surface area (Å²) in [6.45, 7) is 2.01. The molecule has 3 aromatic carbocycles. The predicted octanol–water partition coefficient (Wildman–Crippen LogP) is 5.80. The Hall–Kier alpha value is -3.97. The van der Waals surface area contributed by atoms with Crippen molar-refractivity contribution in [2.75, 3.05) is 19.1 Å². The summed E-state index contributed by atoms with van der Waals surface area (Å²) in [5, 5.41) is 12.2. The number of likely N-dealkylation sites (tertiary alicyclic amines) is 1. The first kappa shape index (κ1) is 31.6. The molecule has 242 valence electrons. The van der Waals surface area contributed by atoms with Crippen LogP contribution in [0.5, 0.6) is 11.5 Å². The number of phenolic OH excluding ortho intramolecular Hbond substituents is 1. The molecule has 2 aliphatic heterocycles. The lowest BCUT2D eigenvalue weighted by atomic mass is 9.49. The Morgan fingerprint density at radius 3 is 2.38 bits per heavy atom. The highest BCUT2D eigenvalue weighted by molar-refractivity contribution is 14.1. The van der Waals surface area contributed by atoms with Crippen LogP contribution in [0.2, 0.25) is 5.02 Å². The molecule has 7 rings (SSSR count). The Bertz CT molecular complexity index is 1870. The van der Waals surface area contributed by atoms with E-state index in [1.54, 1.807) is 43.3 Å². The van der Waals surface area contributed by atoms with E-state index >= 15 is 4.79 Å². The first-order valence-corrected chi connectivity index (χ1v) is 16.8. The van der Waals surface area contributed by atoms with Crippen molar-refractivity contribution in [3.63, 3.8) is 0 Å². The zero-order valence-electron chi connectivity index (χ0n) is 25.4. The van der Waals surface area contributed by atoms with Gasteiger partial charge in [-0.15, -0.1) is 0 Å². The average Bonchev–Trinajstić information content (AvgIpc) is 3.44. The summed E-state index contributed by atoms with van der Waals surface area (Å²) in [7, 11) is 1.43. The number of anilines is 1. The fraction of sp³-hybridized carbons (Fsp3) is 0.314. The van der Waals surface area contributed by atoms with Gasteiger partial charge in [-0.3, -0.25) is 29.5 Å². The molecule has 2 N–H and O–H groups in total. The maximum atomic E-state index is 15.1. The van der Waals surface area contributed by atoms with E-state index in [0.717, 1.165) is 10.6 Å². The molecule has 6 atom stereocenters. The maximum Gasteiger partial charge on any atom is 0.260 e. The summed E-state index contributed by atoms with van der Waals surface area (Å²) >= 11 is 8.33. The number of hydrazine groups is 1. The van der Waals surface area contributed by atoms with Crippen LogP contribution in [-0.2, 0) is 24.6 Å². The van der Waals surface area contributed by atoms with Crippen LogP contribution in [-0.4, -0.2) is 52.3 Å². The number of benzene rings is 3. The summed E-state index contributed by atoms with van der Waals surface area (Å²) in [6, 6.07) is 15.6. The molecule has 2 heterocycles. The van der Waals surface area contributed by atoms with E-state index in [2.05, 4.69) is 5.43 Å². The molecule has 3 fully saturated rings. The Morgan fingerprint density at radius 2 is 1.72 bits per heavy atom. The van der Waals surface area contributed by atoms with E-state index in [1.807, 2.05) is 28.7 Å². The Labute approximate surface area is 288 Å². The number of nitrogens with zero attached hydrogens (tertiary/aromatic N) is 2. The van der Waals surface area contributed by atoms with Gasteiger partial charge >= 0.3 is 0 Å². The fourth-order valence-corrected chi connectivity index (χ4v) is 9.07. The van der Waals surface area contributed by atoms with Gasteiger partial charge in [0.25, 0.3) is 11.8 Å². The summed E-state index contributed by atoms with van der Waals surface area (Å²) < 4.78 is 19.8. The normalized spacial score (nSPS) is 28.2. The minimum Gasteiger partial charge on any atom is -0.504 e. The maximum absolute atomic E-state index is 15.1. The van der Waals surface area contributed by atoms with Gasteiger partial charge in [-0.25, -0.2) is 4.39 Å². The molecule has 9 nitrogen and oxygen atoms in total. The zero-order chi connectivity index (χ0) is 33.4. The molecule has 0 radical (unpaired) electrons. The Kier molecular flexibility index (Phi) is 7.82. The number of hydrogen-bond acceptors (Lipinski definition) is 7. The summed E-state index contributed by atoms with van der Waals surface area (Å²) in [5.74, 6) is -5.42. The van der Waals surface area contributed by atoms with Crippen molar-refractivity contribution in [3.05, 3.63) is 97.8 Å². The number of methoxy groups -OCH3 is 1. The minimum atomic E-state index is -1.52. The molecule has 12 heteroatoms. The van der Waals surface area contributed by atoms with Gasteiger partial charge in [-0.1, -0.05) is 35.4 Å². The second-order valence-corrected chi connectivity index (χ2v) is 13.9. The Morgan fingerprint density at radius 1 is 1.02 bits per heavy atom. The number of carbonyl (C=O) groups is 4. The van der Waals surface area contributed by atoms with Crippen molar-refractivity contribution in [2.45, 2.75) is 31.1 Å². The monoisotopic (exact) mass is 769 g/mol. The second kappa shape index (κ2) is 11.6. The molecular weight excluding hydrogens is 740 g/mol. The first-order valence-electron chi connectivity index (χ1n) is 15.3. The number of ether oxygens (including phenoxy) is 1. The molecule has 0 unspecified atom stereocenters. The number of fused-ring (bicyclic) bond motifs is 4. The summed E-state index contributed by atoms with van der Waals surface area (Å²) in [6.07, 6.45) is 2.41. The third-order valence-corrected chi connectivity index (χ3v) is 11.3. The van der Waals surface area contributed by atoms with Crippen LogP contribution in [0, 0.1) is 33.1 Å². The Balaban J connectivity index is 1.49. The number of imide groups is 2. The number of phenols is 1. The summed E-state index contributed by atoms with van der Waals surface area (Å²) in [4.78, 5) is 58.2. The smallest absolute Gasteiger partial charge is 0.260 e. The van der Waals surface area contributed by atoms with E-state index < -0.39 is 52.6 Å². The van der Waals surface area contributed by atoms with E-state index in [-0.39, 0.29) is 36.3 Å². The van der Waals surface area contributed by atoms with Crippen molar-refractivity contribution in [1.29, 1.82) is 0 Å². The van der Waals surface area contributed by atoms with Crippen molar-refractivity contribution in [3.8, 4) is 11.5 Å². The quantitative estimate of drug-likeness (QED) is 0.185. The van der Waals surface area contributed by atoms with Crippen LogP contribution in [0.1, 0.15) is 36.8 Å². The molecule has 1 saturated carbocycles. The van der Waals surface area contributed by atoms with Gasteiger partial charge in [0.1, 0.15) is 5.82 Å². The van der Waals surface area contributed by atoms with E-state index in [4.69, 9.17) is 16.3 Å². The van der Waals surface area contributed by atoms with Crippen LogP contribution in [0.25, 0.3) is 0 Å². The van der Waals surface area contributed by atoms with Crippen LogP contribution >= 0.6 is 34.2 Å². The first-order chi connectivity index (χ1) is 22.5. The van der Waals surface area contributed by atoms with Crippen LogP contribution < -0.4 is 10.2 Å². The van der Waals surface area contributed by atoms with Gasteiger partial charge in [0.15, 0.2) is 11.5 Å². The van der Waals surface area contributed by atoms with Crippen LogP contribution in [0.4, 0.5) is 10.1 Å². The molecule has 47 heavy (non-hydrogen) atoms. The topological polar surface area (TPSA) is 116 Å². The highest BCUT2D eigenvalue weighted by Crippen LogP contribution is 2.64. The third kappa shape index (κ3) is 4.60. The number of hydrogen-bond donors (Lipinski definition) is 2. The number of carbonyl (C=O) groups excluding carboxylic acids is 4. The molecule has 4 amide bonds. The van der Waals surface area contributed by atoms with Gasteiger partial charge in [-0.05, 0) is 108 Å². The molecule has 2 aliphatic carbocycles. The predicted molar refractivity (Wildman–Crippen MR) is 179 cm³/mol. The van der Waals surface area contributed by atoms with Crippen LogP contribution in [0.15, 0.2) is 72.3 Å². The molecular formula is C35H30ClFIN3O6. The van der Waals surface area contributed by atoms with Gasteiger partial charge in [0.05, 0.1) is 39.5 Å². The number of halogens is 3. The molecule has 2 saturated heterocycles. The lowest BCUT2D eigenvalue weighted by Gasteiger charge is -2.50. The largest absolute Gasteiger partial charge is 0.504 e. The molecule has 0 aromatic heterocycles. The van der Waals surface area contributed by atoms with E-state index in [0.29, 0.717) is 31.8 Å². The highest BCUT2D eigenvalue weighted by Gasteiger charge is 2.70. The van der Waals surface area contributed by atoms with Crippen molar-refractivity contribution >= 4 is 63.5 Å². The standard InChI is InChI=1S/C35H30ClFIN3O6/c1-3-40-31(43)23-13-12-22-24(28(23)33(40)45)16-25-32(44)41(39-21-10-8-20(37)9-11-21)34(46)35(25,18-4-6-19(36)7-5-18)29(22)17-14-26(38)30(42)27(15-17)47-2/h4-12,14-15,23-25,28-29,39,42H,3,13,16H2,1-2H3/t23-,24+,25-,28-,29-,35+/m0/s1. The highest BCUT2D eigenvalue weighted by atomic mass is 127. The zero-order valence-corrected chi connectivity index (χ0v) is 28.3. The number of nitrogens with one attached hydrogen (secondary N) is 1. The number of aromatic hydroxyl groups is 1. The van der Waals surface area contributed by atoms with Gasteiger partial charge in [-0.2, -0.15) is 5.01 Å². The summed E-state index contributed by atoms with van der Waals surface area (Å²) in [5.41, 5.74) is 3.68. The molecule has 4 aliphatic rings. The molecule has 0 bridgehead atoms.